The smallest absolute Gasteiger partial charge is 0.271 e. The summed E-state index contributed by atoms with van der Waals surface area (Å²) in [4.78, 5) is 26.9. The molecule has 0 fully saturated rings. The van der Waals surface area contributed by atoms with Gasteiger partial charge in [-0.15, -0.1) is 0 Å². The molecule has 2 N–H and O–H groups in total. The highest BCUT2D eigenvalue weighted by molar-refractivity contribution is 5.95. The van der Waals surface area contributed by atoms with Gasteiger partial charge in [-0.3, -0.25) is 14.3 Å². The number of amides is 1. The highest BCUT2D eigenvalue weighted by Gasteiger charge is 2.23. The number of pyridine rings is 1. The molecule has 22 heavy (non-hydrogen) atoms. The Bertz CT molecular complexity index is 809. The zero-order chi connectivity index (χ0) is 15.4. The number of rotatable bonds is 4. The molecule has 0 saturated heterocycles. The maximum absolute atomic E-state index is 12.6. The predicted octanol–water partition coefficient (Wildman–Crippen LogP) is 1.80. The molecule has 0 spiro atoms. The lowest BCUT2D eigenvalue weighted by Crippen LogP contribution is -2.29. The molecule has 1 aromatic carbocycles. The Morgan fingerprint density at radius 1 is 1.14 bits per heavy atom. The molecule has 2 aromatic heterocycles. The van der Waals surface area contributed by atoms with Crippen LogP contribution in [0, 0.1) is 0 Å². The van der Waals surface area contributed by atoms with Crippen LogP contribution >= 0.6 is 0 Å². The standard InChI is InChI=1S/C16H14N4O2/c21-15-13(8-4-9-17-15)19-16(22)14(20-11-5-10-18-20)12-6-2-1-3-7-12/h1-11,14H,(H,17,21)(H,19,22)/t14-/m1/s1. The summed E-state index contributed by atoms with van der Waals surface area (Å²) in [5.41, 5.74) is 0.653. The number of nitrogens with zero attached hydrogens (tertiary/aromatic N) is 2. The second-order valence-corrected chi connectivity index (χ2v) is 4.70. The van der Waals surface area contributed by atoms with Gasteiger partial charge in [0.25, 0.3) is 11.5 Å². The van der Waals surface area contributed by atoms with Crippen molar-refractivity contribution in [3.05, 3.63) is 83.0 Å². The van der Waals surface area contributed by atoms with Gasteiger partial charge in [-0.2, -0.15) is 5.10 Å². The van der Waals surface area contributed by atoms with E-state index < -0.39 is 6.04 Å². The van der Waals surface area contributed by atoms with Gasteiger partial charge in [0.15, 0.2) is 6.04 Å². The van der Waals surface area contributed by atoms with Crippen molar-refractivity contribution in [1.82, 2.24) is 14.8 Å². The number of nitrogens with one attached hydrogen (secondary N) is 2. The van der Waals surface area contributed by atoms with Crippen molar-refractivity contribution in [3.8, 4) is 0 Å². The molecule has 6 heteroatoms. The number of aromatic nitrogens is 3. The van der Waals surface area contributed by atoms with Gasteiger partial charge in [-0.1, -0.05) is 30.3 Å². The molecule has 6 nitrogen and oxygen atoms in total. The molecule has 0 unspecified atom stereocenters. The lowest BCUT2D eigenvalue weighted by atomic mass is 10.1. The summed E-state index contributed by atoms with van der Waals surface area (Å²) in [5, 5.41) is 6.80. The number of aromatic amines is 1. The minimum absolute atomic E-state index is 0.209. The Hall–Kier alpha value is -3.15. The van der Waals surface area contributed by atoms with Crippen LogP contribution < -0.4 is 10.9 Å². The zero-order valence-corrected chi connectivity index (χ0v) is 11.6. The topological polar surface area (TPSA) is 79.8 Å². The Morgan fingerprint density at radius 2 is 1.95 bits per heavy atom. The summed E-state index contributed by atoms with van der Waals surface area (Å²) >= 11 is 0. The SMILES string of the molecule is O=C(Nc1ccc[nH]c1=O)[C@@H](c1ccccc1)n1cccn1. The number of benzene rings is 1. The molecular formula is C16H14N4O2. The minimum Gasteiger partial charge on any atom is -0.327 e. The third-order valence-corrected chi connectivity index (χ3v) is 3.23. The molecule has 0 aliphatic carbocycles. The summed E-state index contributed by atoms with van der Waals surface area (Å²) in [5.74, 6) is -0.327. The Balaban J connectivity index is 1.95. The first-order chi connectivity index (χ1) is 10.8. The monoisotopic (exact) mass is 294 g/mol. The van der Waals surface area contributed by atoms with E-state index in [0.29, 0.717) is 0 Å². The van der Waals surface area contributed by atoms with E-state index in [0.717, 1.165) is 5.56 Å². The molecule has 3 rings (SSSR count). The van der Waals surface area contributed by atoms with Crippen LogP contribution in [0.5, 0.6) is 0 Å². The van der Waals surface area contributed by atoms with Gasteiger partial charge >= 0.3 is 0 Å². The number of hydrogen-bond acceptors (Lipinski definition) is 3. The lowest BCUT2D eigenvalue weighted by molar-refractivity contribution is -0.118. The van der Waals surface area contributed by atoms with E-state index in [1.54, 1.807) is 35.3 Å². The zero-order valence-electron chi connectivity index (χ0n) is 11.6. The van der Waals surface area contributed by atoms with Gasteiger partial charge in [0, 0.05) is 18.6 Å². The van der Waals surface area contributed by atoms with Crippen LogP contribution in [-0.4, -0.2) is 20.7 Å². The molecule has 0 saturated carbocycles. The Morgan fingerprint density at radius 3 is 2.64 bits per heavy atom. The summed E-state index contributed by atoms with van der Waals surface area (Å²) in [6.07, 6.45) is 4.84. The third kappa shape index (κ3) is 2.80. The number of carbonyl (C=O) groups is 1. The number of carbonyl (C=O) groups excluding carboxylic acids is 1. The average Bonchev–Trinajstić information content (AvgIpc) is 3.05. The van der Waals surface area contributed by atoms with Crippen LogP contribution in [0.4, 0.5) is 5.69 Å². The maximum atomic E-state index is 12.6. The van der Waals surface area contributed by atoms with Crippen LogP contribution in [0.3, 0.4) is 0 Å². The van der Waals surface area contributed by atoms with E-state index in [1.165, 1.54) is 6.20 Å². The lowest BCUT2D eigenvalue weighted by Gasteiger charge is -2.17. The molecule has 3 aromatic rings. The average molecular weight is 294 g/mol. The van der Waals surface area contributed by atoms with E-state index in [4.69, 9.17) is 0 Å². The van der Waals surface area contributed by atoms with E-state index in [-0.39, 0.29) is 17.2 Å². The molecular weight excluding hydrogens is 280 g/mol. The first kappa shape index (κ1) is 13.8. The van der Waals surface area contributed by atoms with Crippen molar-refractivity contribution in [1.29, 1.82) is 0 Å². The Kier molecular flexibility index (Phi) is 3.82. The predicted molar refractivity (Wildman–Crippen MR) is 82.5 cm³/mol. The fourth-order valence-corrected chi connectivity index (χ4v) is 2.21. The van der Waals surface area contributed by atoms with Crippen molar-refractivity contribution < 1.29 is 4.79 Å². The van der Waals surface area contributed by atoms with Gasteiger partial charge in [-0.05, 0) is 23.8 Å². The van der Waals surface area contributed by atoms with E-state index in [9.17, 15) is 9.59 Å². The minimum atomic E-state index is -0.643. The summed E-state index contributed by atoms with van der Waals surface area (Å²) in [6.45, 7) is 0. The molecule has 0 radical (unpaired) electrons. The van der Waals surface area contributed by atoms with Gasteiger partial charge in [0.1, 0.15) is 5.69 Å². The number of H-pyrrole nitrogens is 1. The highest BCUT2D eigenvalue weighted by Crippen LogP contribution is 2.19. The molecule has 1 atom stereocenters. The molecule has 0 aliphatic heterocycles. The van der Waals surface area contributed by atoms with Crippen LogP contribution in [0.15, 0.2) is 71.9 Å². The number of hydrogen-bond donors (Lipinski definition) is 2. The van der Waals surface area contributed by atoms with Crippen molar-refractivity contribution >= 4 is 11.6 Å². The second kappa shape index (κ2) is 6.09. The van der Waals surface area contributed by atoms with Crippen LogP contribution in [0.2, 0.25) is 0 Å². The van der Waals surface area contributed by atoms with Crippen LogP contribution in [-0.2, 0) is 4.79 Å². The van der Waals surface area contributed by atoms with E-state index >= 15 is 0 Å². The third-order valence-electron chi connectivity index (χ3n) is 3.23. The van der Waals surface area contributed by atoms with Crippen LogP contribution in [0.25, 0.3) is 0 Å². The fourth-order valence-electron chi connectivity index (χ4n) is 2.21. The fraction of sp³-hybridized carbons (Fsp3) is 0.0625. The molecule has 1 amide bonds. The largest absolute Gasteiger partial charge is 0.327 e. The second-order valence-electron chi connectivity index (χ2n) is 4.70. The Labute approximate surface area is 126 Å². The van der Waals surface area contributed by atoms with Gasteiger partial charge in [0.2, 0.25) is 0 Å². The first-order valence-corrected chi connectivity index (χ1v) is 6.78. The molecule has 2 heterocycles. The van der Waals surface area contributed by atoms with Crippen molar-refractivity contribution in [2.45, 2.75) is 6.04 Å². The first-order valence-electron chi connectivity index (χ1n) is 6.78. The highest BCUT2D eigenvalue weighted by atomic mass is 16.2. The van der Waals surface area contributed by atoms with Crippen molar-refractivity contribution in [2.24, 2.45) is 0 Å². The van der Waals surface area contributed by atoms with Gasteiger partial charge in [-0.25, -0.2) is 0 Å². The summed E-state index contributed by atoms with van der Waals surface area (Å²) in [7, 11) is 0. The summed E-state index contributed by atoms with van der Waals surface area (Å²) < 4.78 is 1.56. The van der Waals surface area contributed by atoms with Crippen LogP contribution in [0.1, 0.15) is 11.6 Å². The van der Waals surface area contributed by atoms with Gasteiger partial charge < -0.3 is 10.3 Å². The quantitative estimate of drug-likeness (QED) is 0.770. The molecule has 110 valence electrons. The van der Waals surface area contributed by atoms with Gasteiger partial charge in [0.05, 0.1) is 0 Å². The normalized spacial score (nSPS) is 11.8. The maximum Gasteiger partial charge on any atom is 0.271 e. The molecule has 0 aliphatic rings. The molecule has 0 bridgehead atoms. The van der Waals surface area contributed by atoms with Crippen molar-refractivity contribution in [3.63, 3.8) is 0 Å². The summed E-state index contributed by atoms with van der Waals surface area (Å²) in [6, 6.07) is 13.6. The van der Waals surface area contributed by atoms with Crippen molar-refractivity contribution in [2.75, 3.05) is 5.32 Å². The van der Waals surface area contributed by atoms with E-state index in [2.05, 4.69) is 15.4 Å². The number of anilines is 1. The van der Waals surface area contributed by atoms with E-state index in [1.807, 2.05) is 30.3 Å².